The molecule has 2 aliphatic heterocycles. The number of carbonyl (C=O) groups is 1. The Hall–Kier alpha value is -1.42. The van der Waals surface area contributed by atoms with Crippen LogP contribution in [0.5, 0.6) is 0 Å². The zero-order valence-electron chi connectivity index (χ0n) is 11.3. The molecule has 0 bridgehead atoms. The second-order valence-electron chi connectivity index (χ2n) is 5.57. The van der Waals surface area contributed by atoms with Crippen LogP contribution in [-0.2, 0) is 10.2 Å². The van der Waals surface area contributed by atoms with Crippen molar-refractivity contribution in [3.63, 3.8) is 0 Å². The van der Waals surface area contributed by atoms with E-state index in [0.717, 1.165) is 57.4 Å². The first kappa shape index (κ1) is 12.6. The van der Waals surface area contributed by atoms with E-state index in [0.29, 0.717) is 5.91 Å². The van der Waals surface area contributed by atoms with E-state index in [-0.39, 0.29) is 5.41 Å². The largest absolute Gasteiger partial charge is 0.342 e. The lowest BCUT2D eigenvalue weighted by Gasteiger charge is -2.39. The molecule has 2 saturated heterocycles. The molecule has 19 heavy (non-hydrogen) atoms. The molecule has 0 saturated carbocycles. The first-order valence-electron chi connectivity index (χ1n) is 7.23. The molecule has 0 radical (unpaired) electrons. The van der Waals surface area contributed by atoms with E-state index in [1.807, 2.05) is 12.1 Å². The van der Waals surface area contributed by atoms with Gasteiger partial charge in [-0.2, -0.15) is 0 Å². The maximum absolute atomic E-state index is 13.0. The average molecular weight is 259 g/mol. The van der Waals surface area contributed by atoms with Crippen molar-refractivity contribution in [2.75, 3.05) is 26.2 Å². The number of piperidine rings is 1. The molecule has 0 aromatic carbocycles. The van der Waals surface area contributed by atoms with Crippen molar-refractivity contribution in [1.29, 1.82) is 0 Å². The Morgan fingerprint density at radius 1 is 1.16 bits per heavy atom. The van der Waals surface area contributed by atoms with Crippen molar-refractivity contribution in [1.82, 2.24) is 15.2 Å². The average Bonchev–Trinajstić information content (AvgIpc) is 3.02. The number of aromatic nitrogens is 1. The first-order valence-corrected chi connectivity index (χ1v) is 7.23. The monoisotopic (exact) mass is 259 g/mol. The van der Waals surface area contributed by atoms with Gasteiger partial charge in [0.1, 0.15) is 0 Å². The fourth-order valence-corrected chi connectivity index (χ4v) is 3.37. The van der Waals surface area contributed by atoms with Crippen molar-refractivity contribution in [3.8, 4) is 0 Å². The van der Waals surface area contributed by atoms with Gasteiger partial charge in [0.15, 0.2) is 0 Å². The van der Waals surface area contributed by atoms with Gasteiger partial charge in [-0.1, -0.05) is 0 Å². The Bertz CT molecular complexity index is 434. The van der Waals surface area contributed by atoms with Crippen LogP contribution in [0.2, 0.25) is 0 Å². The summed E-state index contributed by atoms with van der Waals surface area (Å²) in [5.41, 5.74) is 0.819. The summed E-state index contributed by atoms with van der Waals surface area (Å²) < 4.78 is 0. The zero-order valence-corrected chi connectivity index (χ0v) is 11.3. The predicted octanol–water partition coefficient (Wildman–Crippen LogP) is 1.33. The lowest BCUT2D eigenvalue weighted by Crippen LogP contribution is -2.51. The number of amides is 1. The van der Waals surface area contributed by atoms with Gasteiger partial charge in [-0.15, -0.1) is 0 Å². The number of carbonyl (C=O) groups excluding carboxylic acids is 1. The van der Waals surface area contributed by atoms with Crippen molar-refractivity contribution in [2.45, 2.75) is 31.1 Å². The Labute approximate surface area is 114 Å². The summed E-state index contributed by atoms with van der Waals surface area (Å²) in [5, 5.41) is 3.37. The highest BCUT2D eigenvalue weighted by Gasteiger charge is 2.43. The van der Waals surface area contributed by atoms with Crippen LogP contribution in [0.25, 0.3) is 0 Å². The Morgan fingerprint density at radius 2 is 1.79 bits per heavy atom. The van der Waals surface area contributed by atoms with Gasteiger partial charge in [0.05, 0.1) is 5.41 Å². The van der Waals surface area contributed by atoms with Crippen molar-refractivity contribution < 1.29 is 4.79 Å². The summed E-state index contributed by atoms with van der Waals surface area (Å²) in [5.74, 6) is 0.331. The normalized spacial score (nSPS) is 22.4. The van der Waals surface area contributed by atoms with Gasteiger partial charge >= 0.3 is 0 Å². The van der Waals surface area contributed by atoms with Gasteiger partial charge in [-0.05, 0) is 56.5 Å². The fourth-order valence-electron chi connectivity index (χ4n) is 3.37. The van der Waals surface area contributed by atoms with Crippen LogP contribution in [0.4, 0.5) is 0 Å². The molecule has 2 fully saturated rings. The van der Waals surface area contributed by atoms with Crippen molar-refractivity contribution >= 4 is 5.91 Å². The number of nitrogens with one attached hydrogen (secondary N) is 1. The molecule has 2 aliphatic rings. The molecule has 4 heteroatoms. The van der Waals surface area contributed by atoms with Gasteiger partial charge in [0.2, 0.25) is 5.91 Å². The number of rotatable bonds is 2. The SMILES string of the molecule is O=C(N1CCCC1)C1(c2ccncc2)CCNCC1. The van der Waals surface area contributed by atoms with Crippen LogP contribution in [0, 0.1) is 0 Å². The molecule has 0 atom stereocenters. The Balaban J connectivity index is 1.94. The maximum atomic E-state index is 13.0. The molecule has 1 aromatic rings. The topological polar surface area (TPSA) is 45.2 Å². The second kappa shape index (κ2) is 5.29. The first-order chi connectivity index (χ1) is 9.33. The van der Waals surface area contributed by atoms with Gasteiger partial charge in [0, 0.05) is 25.5 Å². The summed E-state index contributed by atoms with van der Waals surface area (Å²) in [4.78, 5) is 19.1. The molecule has 0 aliphatic carbocycles. The quantitative estimate of drug-likeness (QED) is 0.871. The van der Waals surface area contributed by atoms with E-state index in [1.54, 1.807) is 12.4 Å². The highest BCUT2D eigenvalue weighted by Crippen LogP contribution is 2.36. The van der Waals surface area contributed by atoms with E-state index in [1.165, 1.54) is 0 Å². The smallest absolute Gasteiger partial charge is 0.233 e. The van der Waals surface area contributed by atoms with E-state index in [4.69, 9.17) is 0 Å². The standard InChI is InChI=1S/C15H21N3O/c19-14(18-11-1-2-12-18)15(5-9-17-10-6-15)13-3-7-16-8-4-13/h3-4,7-8,17H,1-2,5-6,9-12H2. The minimum Gasteiger partial charge on any atom is -0.342 e. The zero-order chi connectivity index (χ0) is 13.1. The summed E-state index contributed by atoms with van der Waals surface area (Å²) in [6, 6.07) is 4.03. The minimum atomic E-state index is -0.321. The summed E-state index contributed by atoms with van der Waals surface area (Å²) in [6.07, 6.45) is 7.69. The van der Waals surface area contributed by atoms with Crippen molar-refractivity contribution in [2.24, 2.45) is 0 Å². The van der Waals surface area contributed by atoms with Gasteiger partial charge in [-0.3, -0.25) is 9.78 Å². The molecule has 0 spiro atoms. The number of likely N-dealkylation sites (tertiary alicyclic amines) is 1. The number of hydrogen-bond acceptors (Lipinski definition) is 3. The third-order valence-corrected chi connectivity index (χ3v) is 4.49. The van der Waals surface area contributed by atoms with Crippen LogP contribution >= 0.6 is 0 Å². The van der Waals surface area contributed by atoms with E-state index < -0.39 is 0 Å². The Kier molecular flexibility index (Phi) is 3.51. The lowest BCUT2D eigenvalue weighted by molar-refractivity contribution is -0.137. The van der Waals surface area contributed by atoms with Crippen LogP contribution < -0.4 is 5.32 Å². The van der Waals surface area contributed by atoms with Crippen molar-refractivity contribution in [3.05, 3.63) is 30.1 Å². The van der Waals surface area contributed by atoms with Crippen LogP contribution in [0.1, 0.15) is 31.2 Å². The maximum Gasteiger partial charge on any atom is 0.233 e. The highest BCUT2D eigenvalue weighted by molar-refractivity contribution is 5.88. The molecule has 3 rings (SSSR count). The fraction of sp³-hybridized carbons (Fsp3) is 0.600. The molecule has 102 valence electrons. The second-order valence-corrected chi connectivity index (χ2v) is 5.57. The molecule has 1 aromatic heterocycles. The van der Waals surface area contributed by atoms with E-state index >= 15 is 0 Å². The van der Waals surface area contributed by atoms with Gasteiger partial charge < -0.3 is 10.2 Å². The van der Waals surface area contributed by atoms with Gasteiger partial charge in [-0.25, -0.2) is 0 Å². The molecule has 4 nitrogen and oxygen atoms in total. The highest BCUT2D eigenvalue weighted by atomic mass is 16.2. The Morgan fingerprint density at radius 3 is 2.42 bits per heavy atom. The van der Waals surface area contributed by atoms with Crippen LogP contribution in [0.3, 0.4) is 0 Å². The summed E-state index contributed by atoms with van der Waals surface area (Å²) in [6.45, 7) is 3.70. The predicted molar refractivity (Wildman–Crippen MR) is 73.8 cm³/mol. The molecule has 0 unspecified atom stereocenters. The third-order valence-electron chi connectivity index (χ3n) is 4.49. The lowest BCUT2D eigenvalue weighted by atomic mass is 9.72. The number of pyridine rings is 1. The van der Waals surface area contributed by atoms with Crippen LogP contribution in [0.15, 0.2) is 24.5 Å². The number of nitrogens with zero attached hydrogens (tertiary/aromatic N) is 2. The number of hydrogen-bond donors (Lipinski definition) is 1. The van der Waals surface area contributed by atoms with E-state index in [2.05, 4.69) is 15.2 Å². The third kappa shape index (κ3) is 2.25. The van der Waals surface area contributed by atoms with Crippen LogP contribution in [-0.4, -0.2) is 42.0 Å². The molecular formula is C15H21N3O. The summed E-state index contributed by atoms with van der Waals surface area (Å²) >= 11 is 0. The minimum absolute atomic E-state index is 0.321. The van der Waals surface area contributed by atoms with Gasteiger partial charge in [0.25, 0.3) is 0 Å². The molecule has 1 amide bonds. The molecule has 3 heterocycles. The summed E-state index contributed by atoms with van der Waals surface area (Å²) in [7, 11) is 0. The van der Waals surface area contributed by atoms with E-state index in [9.17, 15) is 4.79 Å². The molecule has 1 N–H and O–H groups in total. The molecular weight excluding hydrogens is 238 g/mol.